The number of amides is 1. The molecule has 0 saturated carbocycles. The molecular weight excluding hydrogens is 313 g/mol. The van der Waals surface area contributed by atoms with E-state index in [-0.39, 0.29) is 5.91 Å². The second kappa shape index (κ2) is 7.02. The Morgan fingerprint density at radius 3 is 2.50 bits per heavy atom. The van der Waals surface area contributed by atoms with Crippen molar-refractivity contribution in [2.45, 2.75) is 11.8 Å². The first-order chi connectivity index (χ1) is 9.54. The Morgan fingerprint density at radius 1 is 1.15 bits per heavy atom. The van der Waals surface area contributed by atoms with Gasteiger partial charge in [-0.15, -0.1) is 11.8 Å². The SMILES string of the molecule is Cc1ccc(NC(=O)CSc2ccc(Cl)cc2)cc1Cl. The van der Waals surface area contributed by atoms with Crippen molar-refractivity contribution < 1.29 is 4.79 Å². The highest BCUT2D eigenvalue weighted by Crippen LogP contribution is 2.22. The molecule has 0 fully saturated rings. The lowest BCUT2D eigenvalue weighted by molar-refractivity contribution is -0.113. The van der Waals surface area contributed by atoms with Gasteiger partial charge in [0.05, 0.1) is 5.75 Å². The molecule has 0 bridgehead atoms. The molecule has 0 spiro atoms. The average Bonchev–Trinajstić information content (AvgIpc) is 2.42. The molecule has 0 aromatic heterocycles. The Balaban J connectivity index is 1.89. The average molecular weight is 326 g/mol. The topological polar surface area (TPSA) is 29.1 Å². The standard InChI is InChI=1S/C15H13Cl2NOS/c1-10-2-5-12(8-14(10)17)18-15(19)9-20-13-6-3-11(16)4-7-13/h2-8H,9H2,1H3,(H,18,19). The number of halogens is 2. The number of anilines is 1. The van der Waals surface area contributed by atoms with E-state index >= 15 is 0 Å². The molecule has 0 heterocycles. The van der Waals surface area contributed by atoms with Crippen LogP contribution in [-0.2, 0) is 4.79 Å². The minimum Gasteiger partial charge on any atom is -0.325 e. The smallest absolute Gasteiger partial charge is 0.234 e. The second-order valence-electron chi connectivity index (χ2n) is 4.25. The molecule has 1 amide bonds. The van der Waals surface area contributed by atoms with E-state index in [4.69, 9.17) is 23.2 Å². The summed E-state index contributed by atoms with van der Waals surface area (Å²) in [5, 5.41) is 4.16. The molecule has 2 aromatic carbocycles. The van der Waals surface area contributed by atoms with Crippen LogP contribution in [0.4, 0.5) is 5.69 Å². The van der Waals surface area contributed by atoms with Crippen LogP contribution in [0, 0.1) is 6.92 Å². The van der Waals surface area contributed by atoms with Gasteiger partial charge in [0.15, 0.2) is 0 Å². The van der Waals surface area contributed by atoms with E-state index in [1.807, 2.05) is 43.3 Å². The molecule has 0 unspecified atom stereocenters. The summed E-state index contributed by atoms with van der Waals surface area (Å²) in [4.78, 5) is 12.9. The second-order valence-corrected chi connectivity index (χ2v) is 6.15. The summed E-state index contributed by atoms with van der Waals surface area (Å²) >= 11 is 13.3. The highest BCUT2D eigenvalue weighted by molar-refractivity contribution is 8.00. The number of rotatable bonds is 4. The number of carbonyl (C=O) groups is 1. The van der Waals surface area contributed by atoms with Gasteiger partial charge < -0.3 is 5.32 Å². The minimum atomic E-state index is -0.0649. The van der Waals surface area contributed by atoms with Crippen LogP contribution in [0.3, 0.4) is 0 Å². The van der Waals surface area contributed by atoms with Gasteiger partial charge in [-0.05, 0) is 48.9 Å². The van der Waals surface area contributed by atoms with Crippen molar-refractivity contribution in [1.82, 2.24) is 0 Å². The lowest BCUT2D eigenvalue weighted by atomic mass is 10.2. The van der Waals surface area contributed by atoms with Crippen LogP contribution in [0.15, 0.2) is 47.4 Å². The van der Waals surface area contributed by atoms with Crippen LogP contribution in [0.25, 0.3) is 0 Å². The normalized spacial score (nSPS) is 10.3. The van der Waals surface area contributed by atoms with Crippen molar-refractivity contribution in [2.75, 3.05) is 11.1 Å². The molecule has 0 aliphatic heterocycles. The Hall–Kier alpha value is -1.16. The van der Waals surface area contributed by atoms with Gasteiger partial charge in [-0.25, -0.2) is 0 Å². The lowest BCUT2D eigenvalue weighted by Crippen LogP contribution is -2.13. The predicted octanol–water partition coefficient (Wildman–Crippen LogP) is 5.03. The number of carbonyl (C=O) groups excluding carboxylic acids is 1. The molecule has 2 aromatic rings. The fourth-order valence-electron chi connectivity index (χ4n) is 1.55. The van der Waals surface area contributed by atoms with Gasteiger partial charge in [-0.1, -0.05) is 29.3 Å². The number of hydrogen-bond acceptors (Lipinski definition) is 2. The molecule has 0 saturated heterocycles. The molecule has 2 rings (SSSR count). The molecular formula is C15H13Cl2NOS. The molecule has 0 radical (unpaired) electrons. The van der Waals surface area contributed by atoms with E-state index in [2.05, 4.69) is 5.32 Å². The van der Waals surface area contributed by atoms with Gasteiger partial charge in [0.25, 0.3) is 0 Å². The highest BCUT2D eigenvalue weighted by Gasteiger charge is 2.05. The van der Waals surface area contributed by atoms with Crippen LogP contribution in [0.2, 0.25) is 10.0 Å². The summed E-state index contributed by atoms with van der Waals surface area (Å²) in [7, 11) is 0. The van der Waals surface area contributed by atoms with Gasteiger partial charge in [0, 0.05) is 20.6 Å². The van der Waals surface area contributed by atoms with Gasteiger partial charge in [-0.2, -0.15) is 0 Å². The number of hydrogen-bond donors (Lipinski definition) is 1. The zero-order chi connectivity index (χ0) is 14.5. The maximum absolute atomic E-state index is 11.8. The van der Waals surface area contributed by atoms with E-state index in [9.17, 15) is 4.79 Å². The lowest BCUT2D eigenvalue weighted by Gasteiger charge is -2.07. The summed E-state index contributed by atoms with van der Waals surface area (Å²) in [6, 6.07) is 12.9. The monoisotopic (exact) mass is 325 g/mol. The third-order valence-corrected chi connectivity index (χ3v) is 4.31. The van der Waals surface area contributed by atoms with Crippen molar-refractivity contribution in [2.24, 2.45) is 0 Å². The number of benzene rings is 2. The first-order valence-corrected chi connectivity index (χ1v) is 7.73. The van der Waals surface area contributed by atoms with Crippen molar-refractivity contribution >= 4 is 46.6 Å². The van der Waals surface area contributed by atoms with E-state index in [1.165, 1.54) is 11.8 Å². The van der Waals surface area contributed by atoms with Gasteiger partial charge in [0.1, 0.15) is 0 Å². The van der Waals surface area contributed by atoms with Crippen LogP contribution in [-0.4, -0.2) is 11.7 Å². The third-order valence-electron chi connectivity index (χ3n) is 2.64. The molecule has 0 aliphatic rings. The fraction of sp³-hybridized carbons (Fsp3) is 0.133. The molecule has 2 nitrogen and oxygen atoms in total. The van der Waals surface area contributed by atoms with Crippen molar-refractivity contribution in [1.29, 1.82) is 0 Å². The van der Waals surface area contributed by atoms with Crippen molar-refractivity contribution in [3.05, 3.63) is 58.1 Å². The van der Waals surface area contributed by atoms with E-state index in [0.29, 0.717) is 21.5 Å². The number of nitrogens with one attached hydrogen (secondary N) is 1. The highest BCUT2D eigenvalue weighted by atomic mass is 35.5. The molecule has 5 heteroatoms. The quantitative estimate of drug-likeness (QED) is 0.798. The van der Waals surface area contributed by atoms with Crippen LogP contribution in [0.1, 0.15) is 5.56 Å². The van der Waals surface area contributed by atoms with Crippen LogP contribution >= 0.6 is 35.0 Å². The first kappa shape index (κ1) is 15.2. The Bertz CT molecular complexity index is 614. The fourth-order valence-corrected chi connectivity index (χ4v) is 2.55. The van der Waals surface area contributed by atoms with Crippen molar-refractivity contribution in [3.63, 3.8) is 0 Å². The third kappa shape index (κ3) is 4.44. The van der Waals surface area contributed by atoms with Crippen molar-refractivity contribution in [3.8, 4) is 0 Å². The van der Waals surface area contributed by atoms with Crippen LogP contribution in [0.5, 0.6) is 0 Å². The van der Waals surface area contributed by atoms with Gasteiger partial charge in [-0.3, -0.25) is 4.79 Å². The molecule has 20 heavy (non-hydrogen) atoms. The Labute approximate surface area is 132 Å². The maximum atomic E-state index is 11.8. The summed E-state index contributed by atoms with van der Waals surface area (Å²) in [6.45, 7) is 1.92. The number of thioether (sulfide) groups is 1. The first-order valence-electron chi connectivity index (χ1n) is 5.99. The van der Waals surface area contributed by atoms with Crippen LogP contribution < -0.4 is 5.32 Å². The summed E-state index contributed by atoms with van der Waals surface area (Å²) in [6.07, 6.45) is 0. The van der Waals surface area contributed by atoms with Gasteiger partial charge >= 0.3 is 0 Å². The molecule has 104 valence electrons. The van der Waals surface area contributed by atoms with E-state index in [1.54, 1.807) is 6.07 Å². The molecule has 1 N–H and O–H groups in total. The van der Waals surface area contributed by atoms with E-state index < -0.39 is 0 Å². The van der Waals surface area contributed by atoms with E-state index in [0.717, 1.165) is 10.5 Å². The Kier molecular flexibility index (Phi) is 5.35. The zero-order valence-electron chi connectivity index (χ0n) is 10.8. The maximum Gasteiger partial charge on any atom is 0.234 e. The predicted molar refractivity (Wildman–Crippen MR) is 87.0 cm³/mol. The van der Waals surface area contributed by atoms with Gasteiger partial charge in [0.2, 0.25) is 5.91 Å². The summed E-state index contributed by atoms with van der Waals surface area (Å²) in [5.41, 5.74) is 1.70. The zero-order valence-corrected chi connectivity index (χ0v) is 13.1. The summed E-state index contributed by atoms with van der Waals surface area (Å²) < 4.78 is 0. The minimum absolute atomic E-state index is 0.0649. The Morgan fingerprint density at radius 2 is 1.85 bits per heavy atom. The largest absolute Gasteiger partial charge is 0.325 e. The summed E-state index contributed by atoms with van der Waals surface area (Å²) in [5.74, 6) is 0.275. The molecule has 0 aliphatic carbocycles. The molecule has 0 atom stereocenters. The number of aryl methyl sites for hydroxylation is 1.